The van der Waals surface area contributed by atoms with Crippen molar-refractivity contribution in [1.82, 2.24) is 5.32 Å². The highest BCUT2D eigenvalue weighted by Crippen LogP contribution is 2.19. The molecule has 122 valence electrons. The van der Waals surface area contributed by atoms with Crippen molar-refractivity contribution in [2.45, 2.75) is 0 Å². The topological polar surface area (TPSA) is 74.2 Å². The van der Waals surface area contributed by atoms with Crippen LogP contribution in [0.25, 0.3) is 0 Å². The number of methoxy groups -OCH3 is 1. The molecular weight excluding hydrogens is 326 g/mol. The highest BCUT2D eigenvalue weighted by atomic mass is 32.1. The Morgan fingerprint density at radius 3 is 2.42 bits per heavy atom. The minimum absolute atomic E-state index is 0.233. The van der Waals surface area contributed by atoms with Crippen LogP contribution in [0.2, 0.25) is 0 Å². The molecule has 0 bridgehead atoms. The first-order valence-electron chi connectivity index (χ1n) is 7.19. The summed E-state index contributed by atoms with van der Waals surface area (Å²) in [6, 6.07) is 14.1. The summed E-state index contributed by atoms with van der Waals surface area (Å²) >= 11 is 5.41. The Morgan fingerprint density at radius 2 is 1.88 bits per heavy atom. The van der Waals surface area contributed by atoms with Gasteiger partial charge in [-0.3, -0.25) is 4.90 Å². The lowest BCUT2D eigenvalue weighted by Crippen LogP contribution is -2.47. The molecule has 0 saturated heterocycles. The molecule has 6 nitrogen and oxygen atoms in total. The Labute approximate surface area is 144 Å². The van der Waals surface area contributed by atoms with Crippen molar-refractivity contribution in [3.05, 3.63) is 59.7 Å². The first-order chi connectivity index (χ1) is 11.6. The molecule has 1 heterocycles. The molecule has 0 fully saturated rings. The van der Waals surface area contributed by atoms with Crippen LogP contribution in [0.3, 0.4) is 0 Å². The summed E-state index contributed by atoms with van der Waals surface area (Å²) in [5.41, 5.74) is 1.94. The van der Waals surface area contributed by atoms with E-state index in [1.165, 1.54) is 0 Å². The van der Waals surface area contributed by atoms with Gasteiger partial charge in [-0.1, -0.05) is 0 Å². The van der Waals surface area contributed by atoms with E-state index in [0.717, 1.165) is 17.0 Å². The zero-order valence-corrected chi connectivity index (χ0v) is 13.7. The zero-order valence-electron chi connectivity index (χ0n) is 12.9. The maximum atomic E-state index is 10.9. The van der Waals surface area contributed by atoms with Gasteiger partial charge in [0, 0.05) is 11.3 Å². The highest BCUT2D eigenvalue weighted by molar-refractivity contribution is 7.80. The maximum absolute atomic E-state index is 10.9. The molecule has 2 N–H and O–H groups in total. The van der Waals surface area contributed by atoms with Crippen LogP contribution in [0, 0.1) is 0 Å². The first kappa shape index (κ1) is 15.9. The number of hydrogen-bond donors (Lipinski definition) is 2. The van der Waals surface area contributed by atoms with Crippen molar-refractivity contribution in [3.63, 3.8) is 0 Å². The van der Waals surface area contributed by atoms with Gasteiger partial charge in [0.15, 0.2) is 5.11 Å². The molecule has 0 atom stereocenters. The lowest BCUT2D eigenvalue weighted by atomic mass is 10.2. The SMILES string of the molecule is COc1ccc(C2=NCN(c3ccc(C(=O)O)cc3)C(=S)N2)cc1. The number of anilines is 1. The van der Waals surface area contributed by atoms with Gasteiger partial charge in [0.1, 0.15) is 18.3 Å². The third-order valence-electron chi connectivity index (χ3n) is 3.63. The van der Waals surface area contributed by atoms with Crippen molar-refractivity contribution in [3.8, 4) is 5.75 Å². The average molecular weight is 341 g/mol. The number of benzene rings is 2. The fourth-order valence-corrected chi connectivity index (χ4v) is 2.57. The molecular formula is C17H15N3O3S. The van der Waals surface area contributed by atoms with Gasteiger partial charge >= 0.3 is 5.97 Å². The van der Waals surface area contributed by atoms with Crippen LogP contribution < -0.4 is 15.0 Å². The van der Waals surface area contributed by atoms with E-state index < -0.39 is 5.97 Å². The Morgan fingerprint density at radius 1 is 1.21 bits per heavy atom. The number of aliphatic imine (C=N–C) groups is 1. The number of hydrogen-bond acceptors (Lipinski definition) is 4. The van der Waals surface area contributed by atoms with Crippen molar-refractivity contribution in [2.24, 2.45) is 4.99 Å². The second kappa shape index (κ2) is 6.67. The van der Waals surface area contributed by atoms with Crippen molar-refractivity contribution in [2.75, 3.05) is 18.7 Å². The van der Waals surface area contributed by atoms with Crippen LogP contribution in [-0.2, 0) is 0 Å². The molecule has 0 radical (unpaired) electrons. The zero-order chi connectivity index (χ0) is 17.1. The van der Waals surface area contributed by atoms with Crippen molar-refractivity contribution >= 4 is 34.8 Å². The smallest absolute Gasteiger partial charge is 0.335 e. The molecule has 1 aliphatic rings. The first-order valence-corrected chi connectivity index (χ1v) is 7.60. The number of ether oxygens (including phenoxy) is 1. The van der Waals surface area contributed by atoms with E-state index in [1.54, 1.807) is 36.3 Å². The van der Waals surface area contributed by atoms with Crippen LogP contribution in [0.15, 0.2) is 53.5 Å². The van der Waals surface area contributed by atoms with E-state index in [0.29, 0.717) is 17.6 Å². The summed E-state index contributed by atoms with van der Waals surface area (Å²) in [5.74, 6) is 0.514. The van der Waals surface area contributed by atoms with Gasteiger partial charge in [-0.15, -0.1) is 0 Å². The lowest BCUT2D eigenvalue weighted by molar-refractivity contribution is 0.0697. The summed E-state index contributed by atoms with van der Waals surface area (Å²) in [7, 11) is 1.62. The van der Waals surface area contributed by atoms with Crippen LogP contribution in [0.1, 0.15) is 15.9 Å². The number of rotatable bonds is 4. The predicted molar refractivity (Wildman–Crippen MR) is 96.0 cm³/mol. The maximum Gasteiger partial charge on any atom is 0.335 e. The second-order valence-corrected chi connectivity index (χ2v) is 5.47. The molecule has 0 amide bonds. The van der Waals surface area contributed by atoms with Gasteiger partial charge in [-0.2, -0.15) is 0 Å². The normalized spacial score (nSPS) is 14.0. The van der Waals surface area contributed by atoms with E-state index in [4.69, 9.17) is 22.1 Å². The van der Waals surface area contributed by atoms with E-state index >= 15 is 0 Å². The molecule has 7 heteroatoms. The van der Waals surface area contributed by atoms with Crippen LogP contribution in [-0.4, -0.2) is 35.8 Å². The number of aromatic carboxylic acids is 1. The van der Waals surface area contributed by atoms with Crippen molar-refractivity contribution in [1.29, 1.82) is 0 Å². The third kappa shape index (κ3) is 3.21. The van der Waals surface area contributed by atoms with Crippen LogP contribution >= 0.6 is 12.2 Å². The summed E-state index contributed by atoms with van der Waals surface area (Å²) < 4.78 is 5.14. The number of carboxylic acids is 1. The molecule has 3 rings (SSSR count). The Balaban J connectivity index is 1.78. The molecule has 2 aromatic carbocycles. The van der Waals surface area contributed by atoms with Gasteiger partial charge in [0.25, 0.3) is 0 Å². The standard InChI is InChI=1S/C17H15N3O3S/c1-23-14-8-4-11(5-9-14)15-18-10-20(17(24)19-15)13-6-2-12(3-7-13)16(21)22/h2-9H,10H2,1H3,(H,21,22)(H,18,19,24). The molecule has 0 aliphatic carbocycles. The number of carboxylic acid groups (broad SMARTS) is 1. The summed E-state index contributed by atoms with van der Waals surface area (Å²) in [4.78, 5) is 17.2. The quantitative estimate of drug-likeness (QED) is 0.833. The molecule has 0 spiro atoms. The summed E-state index contributed by atoms with van der Waals surface area (Å²) in [6.07, 6.45) is 0. The van der Waals surface area contributed by atoms with Crippen LogP contribution in [0.5, 0.6) is 5.75 Å². The van der Waals surface area contributed by atoms with Crippen molar-refractivity contribution < 1.29 is 14.6 Å². The van der Waals surface area contributed by atoms with E-state index in [2.05, 4.69) is 10.3 Å². The van der Waals surface area contributed by atoms with E-state index in [-0.39, 0.29) is 5.56 Å². The minimum atomic E-state index is -0.958. The van der Waals surface area contributed by atoms with Gasteiger partial charge in [-0.05, 0) is 60.7 Å². The minimum Gasteiger partial charge on any atom is -0.497 e. The number of nitrogens with one attached hydrogen (secondary N) is 1. The van der Waals surface area contributed by atoms with Crippen LogP contribution in [0.4, 0.5) is 5.69 Å². The monoisotopic (exact) mass is 341 g/mol. The lowest BCUT2D eigenvalue weighted by Gasteiger charge is -2.29. The fraction of sp³-hybridized carbons (Fsp3) is 0.118. The predicted octanol–water partition coefficient (Wildman–Crippen LogP) is 2.49. The fourth-order valence-electron chi connectivity index (χ4n) is 2.31. The number of carbonyl (C=O) groups is 1. The largest absolute Gasteiger partial charge is 0.497 e. The summed E-state index contributed by atoms with van der Waals surface area (Å²) in [6.45, 7) is 0.361. The average Bonchev–Trinajstić information content (AvgIpc) is 2.62. The number of nitrogens with zero attached hydrogens (tertiary/aromatic N) is 2. The highest BCUT2D eigenvalue weighted by Gasteiger charge is 2.19. The second-order valence-electron chi connectivity index (χ2n) is 5.09. The number of amidine groups is 1. The Bertz CT molecular complexity index is 801. The molecule has 0 unspecified atom stereocenters. The van der Waals surface area contributed by atoms with Gasteiger partial charge in [0.05, 0.1) is 12.7 Å². The van der Waals surface area contributed by atoms with Gasteiger partial charge in [-0.25, -0.2) is 9.79 Å². The summed E-state index contributed by atoms with van der Waals surface area (Å²) in [5, 5.41) is 12.6. The van der Waals surface area contributed by atoms with E-state index in [1.807, 2.05) is 24.3 Å². The number of thiocarbonyl (C=S) groups is 1. The van der Waals surface area contributed by atoms with Gasteiger partial charge < -0.3 is 15.2 Å². The molecule has 0 aromatic heterocycles. The molecule has 0 saturated carbocycles. The Hall–Kier alpha value is -2.93. The molecule has 1 aliphatic heterocycles. The van der Waals surface area contributed by atoms with E-state index in [9.17, 15) is 4.79 Å². The molecule has 2 aromatic rings. The van der Waals surface area contributed by atoms with Gasteiger partial charge in [0.2, 0.25) is 0 Å². The third-order valence-corrected chi connectivity index (χ3v) is 3.95. The molecule has 24 heavy (non-hydrogen) atoms. The Kier molecular flexibility index (Phi) is 4.43.